The molecule has 8 rings (SSSR count). The van der Waals surface area contributed by atoms with Crippen molar-refractivity contribution in [3.63, 3.8) is 0 Å². The molecule has 8 heteroatoms. The highest BCUT2D eigenvalue weighted by Crippen LogP contribution is 2.47. The minimum absolute atomic E-state index is 0.0206. The Balaban J connectivity index is 1.17. The van der Waals surface area contributed by atoms with E-state index in [1.54, 1.807) is 11.0 Å². The molecule has 1 amide bonds. The van der Waals surface area contributed by atoms with E-state index in [9.17, 15) is 9.59 Å². The van der Waals surface area contributed by atoms with E-state index in [4.69, 9.17) is 18.6 Å². The maximum Gasteiger partial charge on any atom is 0.414 e. The fraction of sp³-hybridized carbons (Fsp3) is 0.265. The standard InChI is InChI=1S/C49H49NO6Si/c1-49(2,3)57(4,5)56-31-36-27-43-42-26-35(47(51)54-30-34-18-10-7-11-19-34)24-25-41(42)46(53-29-33-16-8-6-9-17-33)28-45(43)50(36)48(52)55-32-44-39-22-14-12-20-37(39)38-21-13-15-23-40(38)44/h6-26,28,36,44H,27,29-32H2,1-5H3. The zero-order chi connectivity index (χ0) is 39.7. The maximum absolute atomic E-state index is 14.7. The van der Waals surface area contributed by atoms with E-state index in [0.29, 0.717) is 36.6 Å². The highest BCUT2D eigenvalue weighted by atomic mass is 28.4. The molecule has 0 aromatic heterocycles. The third kappa shape index (κ3) is 7.72. The van der Waals surface area contributed by atoms with E-state index in [1.165, 1.54) is 11.1 Å². The van der Waals surface area contributed by atoms with E-state index in [0.717, 1.165) is 38.6 Å². The van der Waals surface area contributed by atoms with Gasteiger partial charge in [0, 0.05) is 17.4 Å². The summed E-state index contributed by atoms with van der Waals surface area (Å²) in [5, 5.41) is 1.66. The third-order valence-electron chi connectivity index (χ3n) is 11.9. The van der Waals surface area contributed by atoms with Crippen molar-refractivity contribution in [2.24, 2.45) is 0 Å². The molecule has 0 N–H and O–H groups in total. The number of rotatable bonds is 11. The number of hydrogen-bond donors (Lipinski definition) is 0. The number of ether oxygens (including phenoxy) is 3. The molecule has 1 atom stereocenters. The van der Waals surface area contributed by atoms with E-state index in [2.05, 4.69) is 58.1 Å². The van der Waals surface area contributed by atoms with Crippen LogP contribution in [0.2, 0.25) is 18.1 Å². The van der Waals surface area contributed by atoms with E-state index in [1.807, 2.05) is 103 Å². The second-order valence-corrected chi connectivity index (χ2v) is 21.4. The third-order valence-corrected chi connectivity index (χ3v) is 16.4. The van der Waals surface area contributed by atoms with Crippen molar-refractivity contribution in [2.45, 2.75) is 70.5 Å². The first-order valence-electron chi connectivity index (χ1n) is 19.7. The Morgan fingerprint density at radius 3 is 1.91 bits per heavy atom. The number of benzene rings is 6. The highest BCUT2D eigenvalue weighted by Gasteiger charge is 2.42. The SMILES string of the molecule is CC(C)(C)[Si](C)(C)OCC1Cc2c(cc(OCc3ccccc3)c3ccc(C(=O)OCc4ccccc4)cc23)N1C(=O)OCC1c2ccccc2-c2ccccc21. The Labute approximate surface area is 336 Å². The van der Waals surface area contributed by atoms with Gasteiger partial charge in [-0.3, -0.25) is 4.90 Å². The summed E-state index contributed by atoms with van der Waals surface area (Å²) >= 11 is 0. The van der Waals surface area contributed by atoms with Crippen molar-refractivity contribution in [1.29, 1.82) is 0 Å². The van der Waals surface area contributed by atoms with E-state index >= 15 is 0 Å². The van der Waals surface area contributed by atoms with Gasteiger partial charge in [-0.15, -0.1) is 0 Å². The van der Waals surface area contributed by atoms with Gasteiger partial charge < -0.3 is 18.6 Å². The zero-order valence-corrected chi connectivity index (χ0v) is 34.3. The lowest BCUT2D eigenvalue weighted by molar-refractivity contribution is 0.0473. The molecule has 1 aliphatic carbocycles. The summed E-state index contributed by atoms with van der Waals surface area (Å²) in [4.78, 5) is 30.0. The molecule has 290 valence electrons. The Bertz CT molecular complexity index is 2380. The van der Waals surface area contributed by atoms with Crippen LogP contribution >= 0.6 is 0 Å². The molecule has 1 aliphatic heterocycles. The summed E-state index contributed by atoms with van der Waals surface area (Å²) in [6, 6.07) is 43.5. The number of carbonyl (C=O) groups is 2. The first kappa shape index (κ1) is 38.2. The number of esters is 1. The monoisotopic (exact) mass is 775 g/mol. The Morgan fingerprint density at radius 1 is 0.684 bits per heavy atom. The topological polar surface area (TPSA) is 74.3 Å². The van der Waals surface area contributed by atoms with Gasteiger partial charge in [-0.2, -0.15) is 0 Å². The lowest BCUT2D eigenvalue weighted by Crippen LogP contribution is -2.47. The van der Waals surface area contributed by atoms with Crippen LogP contribution in [0.1, 0.15) is 64.9 Å². The molecule has 0 saturated heterocycles. The van der Waals surface area contributed by atoms with Gasteiger partial charge in [0.1, 0.15) is 25.6 Å². The molecule has 6 aromatic carbocycles. The Hall–Kier alpha value is -5.70. The molecule has 2 aliphatic rings. The Kier molecular flexibility index (Phi) is 10.5. The van der Waals surface area contributed by atoms with Gasteiger partial charge in [0.2, 0.25) is 0 Å². The predicted molar refractivity (Wildman–Crippen MR) is 228 cm³/mol. The highest BCUT2D eigenvalue weighted by molar-refractivity contribution is 6.74. The summed E-state index contributed by atoms with van der Waals surface area (Å²) in [5.41, 5.74) is 8.63. The lowest BCUT2D eigenvalue weighted by atomic mass is 9.98. The first-order chi connectivity index (χ1) is 27.5. The molecular formula is C49H49NO6Si. The van der Waals surface area contributed by atoms with Crippen LogP contribution in [-0.4, -0.2) is 39.6 Å². The second kappa shape index (κ2) is 15.7. The minimum Gasteiger partial charge on any atom is -0.488 e. The summed E-state index contributed by atoms with van der Waals surface area (Å²) in [6.45, 7) is 12.1. The van der Waals surface area contributed by atoms with E-state index in [-0.39, 0.29) is 30.2 Å². The molecule has 0 bridgehead atoms. The molecule has 1 unspecified atom stereocenters. The number of anilines is 1. The zero-order valence-electron chi connectivity index (χ0n) is 33.3. The number of nitrogens with zero attached hydrogens (tertiary/aromatic N) is 1. The van der Waals surface area contributed by atoms with Gasteiger partial charge in [-0.05, 0) is 87.1 Å². The summed E-state index contributed by atoms with van der Waals surface area (Å²) < 4.78 is 25.5. The predicted octanol–water partition coefficient (Wildman–Crippen LogP) is 11.5. The van der Waals surface area contributed by atoms with Crippen molar-refractivity contribution in [3.8, 4) is 16.9 Å². The molecule has 57 heavy (non-hydrogen) atoms. The van der Waals surface area contributed by atoms with Crippen molar-refractivity contribution < 1.29 is 28.2 Å². The van der Waals surface area contributed by atoms with Crippen LogP contribution in [0.5, 0.6) is 5.75 Å². The van der Waals surface area contributed by atoms with E-state index < -0.39 is 20.4 Å². The van der Waals surface area contributed by atoms with Gasteiger partial charge in [0.05, 0.1) is 23.9 Å². The average Bonchev–Trinajstić information content (AvgIpc) is 3.76. The molecule has 6 aromatic rings. The van der Waals surface area contributed by atoms with Crippen LogP contribution in [0.15, 0.2) is 133 Å². The molecule has 0 radical (unpaired) electrons. The summed E-state index contributed by atoms with van der Waals surface area (Å²) in [6.07, 6.45) is 0.0813. The van der Waals surface area contributed by atoms with Gasteiger partial charge in [0.15, 0.2) is 8.32 Å². The normalized spacial score (nSPS) is 14.9. The largest absolute Gasteiger partial charge is 0.488 e. The van der Waals surface area contributed by atoms with Crippen molar-refractivity contribution in [3.05, 3.63) is 167 Å². The van der Waals surface area contributed by atoms with Crippen LogP contribution < -0.4 is 9.64 Å². The van der Waals surface area contributed by atoms with Gasteiger partial charge in [-0.1, -0.05) is 130 Å². The van der Waals surface area contributed by atoms with Crippen LogP contribution in [0.25, 0.3) is 21.9 Å². The summed E-state index contributed by atoms with van der Waals surface area (Å²) in [5.74, 6) is 0.102. The molecule has 0 spiro atoms. The van der Waals surface area contributed by atoms with Crippen LogP contribution in [0, 0.1) is 0 Å². The number of fused-ring (bicyclic) bond motifs is 6. The Morgan fingerprint density at radius 2 is 1.28 bits per heavy atom. The second-order valence-electron chi connectivity index (χ2n) is 16.6. The number of hydrogen-bond acceptors (Lipinski definition) is 6. The van der Waals surface area contributed by atoms with Gasteiger partial charge in [0.25, 0.3) is 0 Å². The van der Waals surface area contributed by atoms with Crippen LogP contribution in [0.4, 0.5) is 10.5 Å². The molecule has 1 heterocycles. The van der Waals surface area contributed by atoms with Gasteiger partial charge in [-0.25, -0.2) is 9.59 Å². The smallest absolute Gasteiger partial charge is 0.414 e. The molecule has 7 nitrogen and oxygen atoms in total. The maximum atomic E-state index is 14.7. The molecular weight excluding hydrogens is 727 g/mol. The molecule has 0 saturated carbocycles. The fourth-order valence-corrected chi connectivity index (χ4v) is 8.78. The minimum atomic E-state index is -2.20. The molecule has 0 fully saturated rings. The lowest BCUT2D eigenvalue weighted by Gasteiger charge is -2.38. The number of amides is 1. The quantitative estimate of drug-likeness (QED) is 0.0964. The van der Waals surface area contributed by atoms with Crippen molar-refractivity contribution in [2.75, 3.05) is 18.1 Å². The van der Waals surface area contributed by atoms with Gasteiger partial charge >= 0.3 is 12.1 Å². The van der Waals surface area contributed by atoms with Crippen LogP contribution in [-0.2, 0) is 33.5 Å². The van der Waals surface area contributed by atoms with Crippen LogP contribution in [0.3, 0.4) is 0 Å². The first-order valence-corrected chi connectivity index (χ1v) is 22.6. The average molecular weight is 776 g/mol. The fourth-order valence-electron chi connectivity index (χ4n) is 7.74. The summed E-state index contributed by atoms with van der Waals surface area (Å²) in [7, 11) is -2.20. The van der Waals surface area contributed by atoms with Crippen molar-refractivity contribution >= 4 is 36.8 Å². The van der Waals surface area contributed by atoms with Crippen molar-refractivity contribution in [1.82, 2.24) is 0 Å². The number of carbonyl (C=O) groups excluding carboxylic acids is 2.